The van der Waals surface area contributed by atoms with Crippen molar-refractivity contribution in [3.8, 4) is 39.2 Å². The number of aromatic hydroxyl groups is 1. The zero-order valence-corrected chi connectivity index (χ0v) is 17.6. The molecule has 0 radical (unpaired) electrons. The van der Waals surface area contributed by atoms with E-state index in [0.29, 0.717) is 21.9 Å². The number of benzene rings is 1. The predicted octanol–water partition coefficient (Wildman–Crippen LogP) is 4.91. The van der Waals surface area contributed by atoms with Gasteiger partial charge in [-0.15, -0.1) is 11.3 Å². The molecule has 0 saturated carbocycles. The molecule has 150 valence electrons. The molecule has 0 spiro atoms. The van der Waals surface area contributed by atoms with E-state index in [1.54, 1.807) is 6.20 Å². The summed E-state index contributed by atoms with van der Waals surface area (Å²) >= 11 is 1.50. The number of nitrogens with zero attached hydrogens (tertiary/aromatic N) is 6. The Bertz CT molecular complexity index is 1350. The van der Waals surface area contributed by atoms with E-state index in [4.69, 9.17) is 10.1 Å². The van der Waals surface area contributed by atoms with Gasteiger partial charge in [0, 0.05) is 37.2 Å². The summed E-state index contributed by atoms with van der Waals surface area (Å²) < 4.78 is 3.76. The first-order chi connectivity index (χ1) is 14.5. The lowest BCUT2D eigenvalue weighted by atomic mass is 10.0. The lowest BCUT2D eigenvalue weighted by molar-refractivity contribution is 0.460. The van der Waals surface area contributed by atoms with Crippen molar-refractivity contribution in [3.63, 3.8) is 0 Å². The van der Waals surface area contributed by atoms with Crippen molar-refractivity contribution in [2.24, 2.45) is 7.05 Å². The normalized spacial score (nSPS) is 11.6. The number of thiophene rings is 1. The summed E-state index contributed by atoms with van der Waals surface area (Å²) in [4.78, 5) is 15.1. The minimum atomic E-state index is -0.0531. The smallest absolute Gasteiger partial charge is 0.224 e. The number of hydrogen-bond donors (Lipinski definition) is 1. The second kappa shape index (κ2) is 7.07. The highest BCUT2D eigenvalue weighted by molar-refractivity contribution is 7.22. The van der Waals surface area contributed by atoms with Gasteiger partial charge in [-0.2, -0.15) is 10.1 Å². The lowest BCUT2D eigenvalue weighted by Gasteiger charge is -2.06. The summed E-state index contributed by atoms with van der Waals surface area (Å²) in [6.07, 6.45) is 5.49. The number of imidazole rings is 1. The molecule has 0 aliphatic carbocycles. The highest BCUT2D eigenvalue weighted by atomic mass is 32.1. The van der Waals surface area contributed by atoms with E-state index in [9.17, 15) is 5.11 Å². The van der Waals surface area contributed by atoms with Crippen LogP contribution < -0.4 is 0 Å². The Hall–Kier alpha value is -3.52. The van der Waals surface area contributed by atoms with Crippen LogP contribution in [0.25, 0.3) is 43.6 Å². The Morgan fingerprint density at radius 3 is 2.50 bits per heavy atom. The predicted molar refractivity (Wildman–Crippen MR) is 118 cm³/mol. The van der Waals surface area contributed by atoms with Gasteiger partial charge in [0.15, 0.2) is 5.82 Å². The summed E-state index contributed by atoms with van der Waals surface area (Å²) in [6, 6.07) is 12.2. The Labute approximate surface area is 177 Å². The van der Waals surface area contributed by atoms with Crippen molar-refractivity contribution in [3.05, 3.63) is 55.0 Å². The van der Waals surface area contributed by atoms with Crippen molar-refractivity contribution in [1.82, 2.24) is 29.3 Å². The van der Waals surface area contributed by atoms with Crippen LogP contribution in [-0.4, -0.2) is 34.4 Å². The summed E-state index contributed by atoms with van der Waals surface area (Å²) in [7, 11) is 1.88. The van der Waals surface area contributed by atoms with Gasteiger partial charge in [0.05, 0.1) is 10.3 Å². The molecule has 5 rings (SSSR count). The van der Waals surface area contributed by atoms with Gasteiger partial charge in [-0.05, 0) is 25.5 Å². The monoisotopic (exact) mass is 416 g/mol. The zero-order chi connectivity index (χ0) is 20.8. The first-order valence-electron chi connectivity index (χ1n) is 9.65. The summed E-state index contributed by atoms with van der Waals surface area (Å²) in [5, 5.41) is 16.3. The number of aryl methyl sites for hydroxylation is 1. The molecule has 8 heteroatoms. The molecular weight excluding hydrogens is 396 g/mol. The molecular formula is C22H20N6OS. The third kappa shape index (κ3) is 2.96. The van der Waals surface area contributed by atoms with E-state index in [1.807, 2.05) is 65.1 Å². The fourth-order valence-electron chi connectivity index (χ4n) is 3.47. The molecule has 0 atom stereocenters. The molecule has 0 unspecified atom stereocenters. The Kier molecular flexibility index (Phi) is 4.36. The van der Waals surface area contributed by atoms with Gasteiger partial charge in [-0.25, -0.2) is 9.97 Å². The molecule has 0 aliphatic rings. The van der Waals surface area contributed by atoms with Crippen LogP contribution in [-0.2, 0) is 7.05 Å². The Morgan fingerprint density at radius 2 is 1.83 bits per heavy atom. The minimum absolute atomic E-state index is 0.0531. The first kappa shape index (κ1) is 18.5. The second-order valence-electron chi connectivity index (χ2n) is 7.36. The van der Waals surface area contributed by atoms with Crippen LogP contribution in [0.4, 0.5) is 0 Å². The Balaban J connectivity index is 1.80. The van der Waals surface area contributed by atoms with Crippen LogP contribution in [0.15, 0.2) is 55.0 Å². The van der Waals surface area contributed by atoms with Gasteiger partial charge in [0.1, 0.15) is 10.5 Å². The molecule has 4 heterocycles. The van der Waals surface area contributed by atoms with Gasteiger partial charge in [-0.1, -0.05) is 30.3 Å². The molecule has 0 fully saturated rings. The van der Waals surface area contributed by atoms with Gasteiger partial charge in [0.2, 0.25) is 11.7 Å². The second-order valence-corrected chi connectivity index (χ2v) is 8.36. The van der Waals surface area contributed by atoms with Crippen LogP contribution in [0.3, 0.4) is 0 Å². The van der Waals surface area contributed by atoms with Crippen LogP contribution >= 0.6 is 11.3 Å². The van der Waals surface area contributed by atoms with E-state index in [1.165, 1.54) is 11.3 Å². The third-order valence-electron chi connectivity index (χ3n) is 4.99. The van der Waals surface area contributed by atoms with Crippen molar-refractivity contribution >= 4 is 21.6 Å². The topological polar surface area (TPSA) is 81.7 Å². The van der Waals surface area contributed by atoms with Gasteiger partial charge in [0.25, 0.3) is 0 Å². The molecule has 0 saturated heterocycles. The number of rotatable bonds is 4. The Morgan fingerprint density at radius 1 is 1.03 bits per heavy atom. The van der Waals surface area contributed by atoms with Crippen LogP contribution in [0.2, 0.25) is 0 Å². The first-order valence-corrected chi connectivity index (χ1v) is 10.5. The maximum Gasteiger partial charge on any atom is 0.224 e. The lowest BCUT2D eigenvalue weighted by Crippen LogP contribution is -2.00. The molecule has 1 aromatic carbocycles. The number of aromatic nitrogens is 6. The third-order valence-corrected chi connectivity index (χ3v) is 6.09. The number of fused-ring (bicyclic) bond motifs is 1. The summed E-state index contributed by atoms with van der Waals surface area (Å²) in [5.41, 5.74) is 2.73. The van der Waals surface area contributed by atoms with Crippen LogP contribution in [0.1, 0.15) is 19.9 Å². The summed E-state index contributed by atoms with van der Waals surface area (Å²) in [6.45, 7) is 4.19. The fourth-order valence-corrected chi connectivity index (χ4v) is 4.63. The van der Waals surface area contributed by atoms with Gasteiger partial charge >= 0.3 is 0 Å². The summed E-state index contributed by atoms with van der Waals surface area (Å²) in [5.74, 6) is 0.947. The zero-order valence-electron chi connectivity index (χ0n) is 16.8. The van der Waals surface area contributed by atoms with E-state index < -0.39 is 0 Å². The molecule has 5 aromatic rings. The van der Waals surface area contributed by atoms with Crippen molar-refractivity contribution < 1.29 is 5.11 Å². The van der Waals surface area contributed by atoms with Crippen molar-refractivity contribution in [2.75, 3.05) is 0 Å². The van der Waals surface area contributed by atoms with Crippen molar-refractivity contribution in [1.29, 1.82) is 0 Å². The largest absolute Gasteiger partial charge is 0.493 e. The van der Waals surface area contributed by atoms with E-state index >= 15 is 0 Å². The highest BCUT2D eigenvalue weighted by Gasteiger charge is 2.23. The van der Waals surface area contributed by atoms with Gasteiger partial charge < -0.3 is 9.67 Å². The molecule has 1 N–H and O–H groups in total. The molecule has 4 aromatic heterocycles. The molecule has 0 amide bonds. The maximum absolute atomic E-state index is 10.9. The van der Waals surface area contributed by atoms with E-state index in [-0.39, 0.29) is 11.9 Å². The quantitative estimate of drug-likeness (QED) is 0.450. The number of hydrogen-bond acceptors (Lipinski definition) is 6. The molecule has 0 bridgehead atoms. The minimum Gasteiger partial charge on any atom is -0.493 e. The fraction of sp³-hybridized carbons (Fsp3) is 0.182. The van der Waals surface area contributed by atoms with Gasteiger partial charge in [-0.3, -0.25) is 4.68 Å². The average Bonchev–Trinajstić information content (AvgIpc) is 3.46. The SMILES string of the molecule is CC(C)n1ccc(-c2sc3nc(-c4nccn4C)nc(O)c3c2-c2ccccc2)n1. The standard InChI is InChI=1S/C22H20N6OS/c1-13(2)28-11-9-15(26-28)18-16(14-7-5-4-6-8-14)17-21(29)24-19(25-22(17)30-18)20-23-10-12-27(20)3/h4-13H,1-3H3,(H,24,25,29). The van der Waals surface area contributed by atoms with E-state index in [2.05, 4.69) is 23.8 Å². The average molecular weight is 417 g/mol. The van der Waals surface area contributed by atoms with Crippen LogP contribution in [0, 0.1) is 0 Å². The molecule has 0 aliphatic heterocycles. The highest BCUT2D eigenvalue weighted by Crippen LogP contribution is 2.46. The molecule has 30 heavy (non-hydrogen) atoms. The molecule has 7 nitrogen and oxygen atoms in total. The van der Waals surface area contributed by atoms with E-state index in [0.717, 1.165) is 21.7 Å². The maximum atomic E-state index is 10.9. The van der Waals surface area contributed by atoms with Crippen molar-refractivity contribution in [2.45, 2.75) is 19.9 Å². The van der Waals surface area contributed by atoms with Crippen LogP contribution in [0.5, 0.6) is 5.88 Å².